The minimum Gasteiger partial charge on any atom is -0.486 e. The number of hydrogen-bond acceptors (Lipinski definition) is 4. The third kappa shape index (κ3) is 3.75. The first-order valence-corrected chi connectivity index (χ1v) is 8.19. The van der Waals surface area contributed by atoms with Crippen LogP contribution in [-0.4, -0.2) is 4.98 Å². The predicted octanol–water partition coefficient (Wildman–Crippen LogP) is 4.55. The van der Waals surface area contributed by atoms with Gasteiger partial charge in [-0.05, 0) is 30.7 Å². The average Bonchev–Trinajstić information content (AvgIpc) is 3.05. The van der Waals surface area contributed by atoms with E-state index >= 15 is 0 Å². The molecule has 0 spiro atoms. The lowest BCUT2D eigenvalue weighted by Gasteiger charge is -2.08. The van der Waals surface area contributed by atoms with Crippen LogP contribution in [0.4, 0.5) is 4.39 Å². The summed E-state index contributed by atoms with van der Waals surface area (Å²) >= 11 is 1.48. The number of rotatable bonds is 5. The van der Waals surface area contributed by atoms with Crippen molar-refractivity contribution in [3.05, 3.63) is 70.3 Å². The van der Waals surface area contributed by atoms with Gasteiger partial charge in [0.05, 0.1) is 11.7 Å². The summed E-state index contributed by atoms with van der Waals surface area (Å²) in [6.07, 6.45) is 0. The van der Waals surface area contributed by atoms with E-state index in [4.69, 9.17) is 10.5 Å². The second-order valence-corrected chi connectivity index (χ2v) is 6.17. The number of nitrogens with zero attached hydrogens (tertiary/aromatic N) is 1. The molecule has 0 amide bonds. The van der Waals surface area contributed by atoms with Crippen molar-refractivity contribution in [2.45, 2.75) is 19.6 Å². The van der Waals surface area contributed by atoms with Gasteiger partial charge >= 0.3 is 0 Å². The topological polar surface area (TPSA) is 48.1 Å². The van der Waals surface area contributed by atoms with Crippen molar-refractivity contribution in [1.29, 1.82) is 0 Å². The zero-order valence-electron chi connectivity index (χ0n) is 12.7. The van der Waals surface area contributed by atoms with Crippen molar-refractivity contribution >= 4 is 11.3 Å². The Hall–Kier alpha value is -2.24. The first-order chi connectivity index (χ1) is 11.1. The van der Waals surface area contributed by atoms with Crippen molar-refractivity contribution in [3.63, 3.8) is 0 Å². The van der Waals surface area contributed by atoms with Crippen LogP contribution in [0.15, 0.2) is 53.9 Å². The van der Waals surface area contributed by atoms with Gasteiger partial charge in [0.25, 0.3) is 0 Å². The predicted molar refractivity (Wildman–Crippen MR) is 90.9 cm³/mol. The molecule has 23 heavy (non-hydrogen) atoms. The van der Waals surface area contributed by atoms with Gasteiger partial charge in [0.2, 0.25) is 0 Å². The highest BCUT2D eigenvalue weighted by molar-refractivity contribution is 7.10. The molecule has 3 rings (SSSR count). The Morgan fingerprint density at radius 2 is 2.00 bits per heavy atom. The summed E-state index contributed by atoms with van der Waals surface area (Å²) < 4.78 is 19.8. The molecule has 3 aromatic rings. The summed E-state index contributed by atoms with van der Waals surface area (Å²) in [4.78, 5) is 4.43. The lowest BCUT2D eigenvalue weighted by molar-refractivity contribution is 0.290. The number of nitrogens with two attached hydrogens (primary N) is 1. The van der Waals surface area contributed by atoms with Gasteiger partial charge in [-0.3, -0.25) is 0 Å². The molecule has 0 fully saturated rings. The highest BCUT2D eigenvalue weighted by Gasteiger charge is 2.11. The molecule has 3 nitrogen and oxygen atoms in total. The molecule has 0 saturated heterocycles. The van der Waals surface area contributed by atoms with Crippen LogP contribution in [0.3, 0.4) is 0 Å². The quantitative estimate of drug-likeness (QED) is 0.747. The smallest absolute Gasteiger partial charge is 0.165 e. The van der Waals surface area contributed by atoms with Gasteiger partial charge in [-0.2, -0.15) is 0 Å². The van der Waals surface area contributed by atoms with Crippen molar-refractivity contribution in [3.8, 4) is 17.0 Å². The first kappa shape index (κ1) is 15.6. The van der Waals surface area contributed by atoms with Crippen LogP contribution in [0.1, 0.15) is 23.5 Å². The average molecular weight is 328 g/mol. The number of hydrogen-bond donors (Lipinski definition) is 1. The summed E-state index contributed by atoms with van der Waals surface area (Å²) in [5, 5.41) is 2.72. The van der Waals surface area contributed by atoms with Crippen LogP contribution >= 0.6 is 11.3 Å². The van der Waals surface area contributed by atoms with E-state index in [9.17, 15) is 4.39 Å². The molecule has 0 aliphatic heterocycles. The monoisotopic (exact) mass is 328 g/mol. The lowest BCUT2D eigenvalue weighted by Crippen LogP contribution is -2.03. The molecule has 0 aliphatic rings. The molecule has 5 heteroatoms. The molecule has 2 aromatic carbocycles. The van der Waals surface area contributed by atoms with Gasteiger partial charge in [-0.1, -0.05) is 30.3 Å². The molecule has 118 valence electrons. The van der Waals surface area contributed by atoms with Gasteiger partial charge in [0.15, 0.2) is 11.6 Å². The van der Waals surface area contributed by atoms with Crippen LogP contribution in [0, 0.1) is 5.82 Å². The van der Waals surface area contributed by atoms with Gasteiger partial charge in [-0.25, -0.2) is 9.37 Å². The fraction of sp³-hybridized carbons (Fsp3) is 0.167. The van der Waals surface area contributed by atoms with E-state index < -0.39 is 5.82 Å². The molecule has 1 heterocycles. The summed E-state index contributed by atoms with van der Waals surface area (Å²) in [7, 11) is 0. The molecule has 1 aromatic heterocycles. The zero-order valence-corrected chi connectivity index (χ0v) is 13.5. The number of aromatic nitrogens is 1. The van der Waals surface area contributed by atoms with Crippen molar-refractivity contribution in [2.75, 3.05) is 0 Å². The zero-order chi connectivity index (χ0) is 16.2. The van der Waals surface area contributed by atoms with Gasteiger partial charge in [0, 0.05) is 10.9 Å². The third-order valence-corrected chi connectivity index (χ3v) is 4.42. The molecule has 0 radical (unpaired) electrons. The van der Waals surface area contributed by atoms with E-state index in [2.05, 4.69) is 4.98 Å². The van der Waals surface area contributed by atoms with E-state index in [1.165, 1.54) is 17.4 Å². The molecule has 1 atom stereocenters. The Morgan fingerprint density at radius 1 is 1.22 bits per heavy atom. The van der Waals surface area contributed by atoms with Gasteiger partial charge in [-0.15, -0.1) is 11.3 Å². The minimum absolute atomic E-state index is 0.118. The number of halogens is 1. The molecule has 0 saturated carbocycles. The fourth-order valence-corrected chi connectivity index (χ4v) is 2.93. The maximum atomic E-state index is 14.2. The van der Waals surface area contributed by atoms with Crippen LogP contribution < -0.4 is 10.5 Å². The number of ether oxygens (including phenoxy) is 1. The van der Waals surface area contributed by atoms with E-state index in [0.717, 1.165) is 21.8 Å². The van der Waals surface area contributed by atoms with E-state index in [-0.39, 0.29) is 11.8 Å². The van der Waals surface area contributed by atoms with E-state index in [0.29, 0.717) is 6.61 Å². The highest BCUT2D eigenvalue weighted by atomic mass is 32.1. The first-order valence-electron chi connectivity index (χ1n) is 7.31. The molecule has 0 aliphatic carbocycles. The standard InChI is InChI=1S/C18H17FN2OS/c1-12(20)18-21-16(11-23-18)14-7-8-17(15(19)9-14)22-10-13-5-3-2-4-6-13/h2-9,11-12H,10,20H2,1H3. The number of benzene rings is 2. The maximum absolute atomic E-state index is 14.2. The Balaban J connectivity index is 1.75. The second kappa shape index (κ2) is 6.89. The molecule has 0 bridgehead atoms. The maximum Gasteiger partial charge on any atom is 0.165 e. The second-order valence-electron chi connectivity index (χ2n) is 5.28. The largest absolute Gasteiger partial charge is 0.486 e. The van der Waals surface area contributed by atoms with Crippen LogP contribution in [0.5, 0.6) is 5.75 Å². The van der Waals surface area contributed by atoms with E-state index in [1.807, 2.05) is 48.7 Å². The van der Waals surface area contributed by atoms with Crippen molar-refractivity contribution in [1.82, 2.24) is 4.98 Å². The lowest BCUT2D eigenvalue weighted by atomic mass is 10.1. The van der Waals surface area contributed by atoms with Crippen molar-refractivity contribution < 1.29 is 9.13 Å². The molecular weight excluding hydrogens is 311 g/mol. The van der Waals surface area contributed by atoms with Crippen LogP contribution in [-0.2, 0) is 6.61 Å². The fourth-order valence-electron chi connectivity index (χ4n) is 2.14. The summed E-state index contributed by atoms with van der Waals surface area (Å²) in [5.41, 5.74) is 8.26. The Kier molecular flexibility index (Phi) is 4.69. The molecule has 1 unspecified atom stereocenters. The minimum atomic E-state index is -0.395. The summed E-state index contributed by atoms with van der Waals surface area (Å²) in [6.45, 7) is 2.21. The highest BCUT2D eigenvalue weighted by Crippen LogP contribution is 2.28. The Morgan fingerprint density at radius 3 is 2.65 bits per heavy atom. The Labute approximate surface area is 138 Å². The SMILES string of the molecule is CC(N)c1nc(-c2ccc(OCc3ccccc3)c(F)c2)cs1. The van der Waals surface area contributed by atoms with Gasteiger partial charge in [0.1, 0.15) is 11.6 Å². The third-order valence-electron chi connectivity index (χ3n) is 3.38. The summed E-state index contributed by atoms with van der Waals surface area (Å²) in [5.74, 6) is -0.158. The molecular formula is C18H17FN2OS. The molecule has 2 N–H and O–H groups in total. The summed E-state index contributed by atoms with van der Waals surface area (Å²) in [6, 6.07) is 14.4. The number of thiazole rings is 1. The Bertz CT molecular complexity index is 787. The normalized spacial score (nSPS) is 12.1. The van der Waals surface area contributed by atoms with Crippen molar-refractivity contribution in [2.24, 2.45) is 5.73 Å². The van der Waals surface area contributed by atoms with E-state index in [1.54, 1.807) is 6.07 Å². The van der Waals surface area contributed by atoms with Crippen LogP contribution in [0.25, 0.3) is 11.3 Å². The van der Waals surface area contributed by atoms with Gasteiger partial charge < -0.3 is 10.5 Å². The van der Waals surface area contributed by atoms with Crippen LogP contribution in [0.2, 0.25) is 0 Å².